The minimum Gasteiger partial charge on any atom is -0.427 e. The van der Waals surface area contributed by atoms with E-state index in [4.69, 9.17) is 4.42 Å². The van der Waals surface area contributed by atoms with Crippen LogP contribution in [0.3, 0.4) is 0 Å². The van der Waals surface area contributed by atoms with Gasteiger partial charge in [0.25, 0.3) is 0 Å². The number of nitrogens with zero attached hydrogens (tertiary/aromatic N) is 6. The Morgan fingerprint density at radius 2 is 1.96 bits per heavy atom. The molecular weight excluding hydrogens is 292 g/mol. The minimum absolute atomic E-state index is 0.434. The third kappa shape index (κ3) is 2.93. The van der Waals surface area contributed by atoms with Gasteiger partial charge in [0, 0.05) is 37.9 Å². The summed E-state index contributed by atoms with van der Waals surface area (Å²) in [4.78, 5) is 13.7. The maximum atomic E-state index is 5.25. The fraction of sp³-hybridized carbons (Fsp3) is 0.625. The molecule has 2 saturated heterocycles. The third-order valence-electron chi connectivity index (χ3n) is 4.92. The summed E-state index contributed by atoms with van der Waals surface area (Å²) in [7, 11) is 0. The number of fused-ring (bicyclic) bond motifs is 1. The first-order chi connectivity index (χ1) is 11.2. The van der Waals surface area contributed by atoms with E-state index in [-0.39, 0.29) is 0 Å². The Balaban J connectivity index is 1.39. The van der Waals surface area contributed by atoms with Crippen LogP contribution in [0.2, 0.25) is 0 Å². The highest BCUT2D eigenvalue weighted by Crippen LogP contribution is 2.34. The topological polar surface area (TPSA) is 71.2 Å². The zero-order valence-corrected chi connectivity index (χ0v) is 13.6. The number of hydrogen-bond acceptors (Lipinski definition) is 7. The maximum absolute atomic E-state index is 5.25. The highest BCUT2D eigenvalue weighted by Gasteiger charge is 2.40. The van der Waals surface area contributed by atoms with Crippen LogP contribution in [0.1, 0.15) is 31.4 Å². The Bertz CT molecular complexity index is 644. The largest absolute Gasteiger partial charge is 0.427 e. The molecule has 7 nitrogen and oxygen atoms in total. The molecule has 2 aliphatic rings. The van der Waals surface area contributed by atoms with Crippen molar-refractivity contribution in [3.8, 4) is 0 Å². The van der Waals surface area contributed by atoms with Crippen molar-refractivity contribution >= 4 is 5.82 Å². The monoisotopic (exact) mass is 314 g/mol. The van der Waals surface area contributed by atoms with Gasteiger partial charge in [-0.15, -0.1) is 10.2 Å². The standard InChI is InChI=1S/C16H22N6O/c1-11(2)14-3-15(18-9-17-14)22-6-12-4-21(5-13(12)7-22)8-16-20-19-10-23-16/h3,9-13H,4-8H2,1-2H3. The van der Waals surface area contributed by atoms with Gasteiger partial charge < -0.3 is 9.32 Å². The van der Waals surface area contributed by atoms with Crippen molar-refractivity contribution in [1.82, 2.24) is 25.1 Å². The van der Waals surface area contributed by atoms with Gasteiger partial charge in [0.15, 0.2) is 0 Å². The predicted molar refractivity (Wildman–Crippen MR) is 84.9 cm³/mol. The summed E-state index contributed by atoms with van der Waals surface area (Å²) >= 11 is 0. The quantitative estimate of drug-likeness (QED) is 0.848. The van der Waals surface area contributed by atoms with Crippen molar-refractivity contribution in [2.45, 2.75) is 26.3 Å². The SMILES string of the molecule is CC(C)c1cc(N2CC3CN(Cc4nnco4)CC3C2)ncn1. The van der Waals surface area contributed by atoms with Crippen LogP contribution in [0.25, 0.3) is 0 Å². The lowest BCUT2D eigenvalue weighted by molar-refractivity contribution is 0.274. The van der Waals surface area contributed by atoms with Gasteiger partial charge in [0.05, 0.1) is 6.54 Å². The van der Waals surface area contributed by atoms with Gasteiger partial charge in [0.2, 0.25) is 12.3 Å². The minimum atomic E-state index is 0.434. The van der Waals surface area contributed by atoms with Gasteiger partial charge in [-0.25, -0.2) is 9.97 Å². The molecule has 0 saturated carbocycles. The fourth-order valence-corrected chi connectivity index (χ4v) is 3.71. The molecule has 122 valence electrons. The molecule has 0 aromatic carbocycles. The predicted octanol–water partition coefficient (Wildman–Crippen LogP) is 1.55. The second kappa shape index (κ2) is 5.88. The van der Waals surface area contributed by atoms with E-state index in [9.17, 15) is 0 Å². The number of anilines is 1. The van der Waals surface area contributed by atoms with Crippen molar-refractivity contribution in [2.75, 3.05) is 31.1 Å². The number of hydrogen-bond donors (Lipinski definition) is 0. The molecule has 23 heavy (non-hydrogen) atoms. The molecule has 4 rings (SSSR count). The lowest BCUT2D eigenvalue weighted by atomic mass is 10.0. The van der Waals surface area contributed by atoms with Gasteiger partial charge in [-0.2, -0.15) is 0 Å². The first-order valence-electron chi connectivity index (χ1n) is 8.23. The van der Waals surface area contributed by atoms with Crippen LogP contribution >= 0.6 is 0 Å². The average Bonchev–Trinajstić information content (AvgIpc) is 3.24. The fourth-order valence-electron chi connectivity index (χ4n) is 3.71. The number of likely N-dealkylation sites (tertiary alicyclic amines) is 1. The van der Waals surface area contributed by atoms with Crippen LogP contribution < -0.4 is 4.90 Å². The summed E-state index contributed by atoms with van der Waals surface area (Å²) in [6.45, 7) is 9.41. The summed E-state index contributed by atoms with van der Waals surface area (Å²) in [6.07, 6.45) is 3.09. The molecule has 2 fully saturated rings. The molecular formula is C16H22N6O. The van der Waals surface area contributed by atoms with Crippen molar-refractivity contribution < 1.29 is 4.42 Å². The Kier molecular flexibility index (Phi) is 3.72. The Morgan fingerprint density at radius 1 is 1.17 bits per heavy atom. The summed E-state index contributed by atoms with van der Waals surface area (Å²) in [5, 5.41) is 7.72. The first kappa shape index (κ1) is 14.6. The van der Waals surface area contributed by atoms with Gasteiger partial charge in [0.1, 0.15) is 12.1 Å². The van der Waals surface area contributed by atoms with E-state index in [1.54, 1.807) is 6.33 Å². The van der Waals surface area contributed by atoms with Crippen molar-refractivity contribution in [3.05, 3.63) is 30.4 Å². The summed E-state index contributed by atoms with van der Waals surface area (Å²) in [5.41, 5.74) is 1.12. The first-order valence-corrected chi connectivity index (χ1v) is 8.23. The molecule has 0 spiro atoms. The highest BCUT2D eigenvalue weighted by atomic mass is 16.4. The van der Waals surface area contributed by atoms with Gasteiger partial charge in [-0.3, -0.25) is 4.90 Å². The molecule has 2 aliphatic heterocycles. The smallest absolute Gasteiger partial charge is 0.230 e. The zero-order chi connectivity index (χ0) is 15.8. The van der Waals surface area contributed by atoms with E-state index in [1.807, 2.05) is 0 Å². The van der Waals surface area contributed by atoms with Gasteiger partial charge in [-0.05, 0) is 17.8 Å². The van der Waals surface area contributed by atoms with Gasteiger partial charge in [-0.1, -0.05) is 13.8 Å². The van der Waals surface area contributed by atoms with Crippen LogP contribution in [0.15, 0.2) is 23.2 Å². The van der Waals surface area contributed by atoms with E-state index < -0.39 is 0 Å². The summed E-state index contributed by atoms with van der Waals surface area (Å²) in [5.74, 6) is 3.59. The third-order valence-corrected chi connectivity index (χ3v) is 4.92. The molecule has 2 atom stereocenters. The summed E-state index contributed by atoms with van der Waals surface area (Å²) in [6, 6.07) is 2.14. The summed E-state index contributed by atoms with van der Waals surface area (Å²) < 4.78 is 5.25. The van der Waals surface area contributed by atoms with E-state index in [0.717, 1.165) is 44.2 Å². The second-order valence-electron chi connectivity index (χ2n) is 6.91. The molecule has 0 radical (unpaired) electrons. The van der Waals surface area contributed by atoms with E-state index >= 15 is 0 Å². The van der Waals surface area contributed by atoms with Crippen molar-refractivity contribution in [3.63, 3.8) is 0 Å². The van der Waals surface area contributed by atoms with Crippen LogP contribution in [-0.4, -0.2) is 51.2 Å². The Morgan fingerprint density at radius 3 is 2.61 bits per heavy atom. The maximum Gasteiger partial charge on any atom is 0.230 e. The van der Waals surface area contributed by atoms with Crippen LogP contribution in [-0.2, 0) is 6.54 Å². The van der Waals surface area contributed by atoms with Gasteiger partial charge >= 0.3 is 0 Å². The Labute approximate surface area is 135 Å². The molecule has 0 N–H and O–H groups in total. The molecule has 0 amide bonds. The van der Waals surface area contributed by atoms with Crippen LogP contribution in [0.5, 0.6) is 0 Å². The van der Waals surface area contributed by atoms with Crippen LogP contribution in [0, 0.1) is 11.8 Å². The lowest BCUT2D eigenvalue weighted by Crippen LogP contribution is -2.29. The highest BCUT2D eigenvalue weighted by molar-refractivity contribution is 5.41. The number of aromatic nitrogens is 4. The molecule has 0 aliphatic carbocycles. The van der Waals surface area contributed by atoms with E-state index in [0.29, 0.717) is 23.6 Å². The second-order valence-corrected chi connectivity index (χ2v) is 6.91. The Hall–Kier alpha value is -2.02. The normalized spacial score (nSPS) is 24.6. The zero-order valence-electron chi connectivity index (χ0n) is 13.6. The van der Waals surface area contributed by atoms with E-state index in [1.165, 1.54) is 6.39 Å². The molecule has 2 aromatic heterocycles. The average molecular weight is 314 g/mol. The van der Waals surface area contributed by atoms with Crippen molar-refractivity contribution in [2.24, 2.45) is 11.8 Å². The van der Waals surface area contributed by atoms with Crippen LogP contribution in [0.4, 0.5) is 5.82 Å². The molecule has 2 aromatic rings. The van der Waals surface area contributed by atoms with E-state index in [2.05, 4.69) is 49.9 Å². The number of rotatable bonds is 4. The molecule has 2 unspecified atom stereocenters. The van der Waals surface area contributed by atoms with Crippen molar-refractivity contribution in [1.29, 1.82) is 0 Å². The molecule has 7 heteroatoms. The molecule has 4 heterocycles. The lowest BCUT2D eigenvalue weighted by Gasteiger charge is -2.22. The molecule has 0 bridgehead atoms.